The first kappa shape index (κ1) is 16.8. The SMILES string of the molecule is Cc1ccc(OCCNC(=O)c2ccc(Cl)c([N+](=O)[O-])c2)cc1. The highest BCUT2D eigenvalue weighted by Gasteiger charge is 2.15. The lowest BCUT2D eigenvalue weighted by Crippen LogP contribution is -2.28. The summed E-state index contributed by atoms with van der Waals surface area (Å²) in [7, 11) is 0. The van der Waals surface area contributed by atoms with Crippen molar-refractivity contribution in [1.82, 2.24) is 5.32 Å². The fraction of sp³-hybridized carbons (Fsp3) is 0.188. The molecule has 0 spiro atoms. The number of carbonyl (C=O) groups is 1. The highest BCUT2D eigenvalue weighted by atomic mass is 35.5. The van der Waals surface area contributed by atoms with Gasteiger partial charge < -0.3 is 10.1 Å². The molecule has 120 valence electrons. The van der Waals surface area contributed by atoms with Gasteiger partial charge in [-0.2, -0.15) is 0 Å². The maximum Gasteiger partial charge on any atom is 0.288 e. The number of aryl methyl sites for hydroxylation is 1. The summed E-state index contributed by atoms with van der Waals surface area (Å²) in [5.74, 6) is 0.296. The second-order valence-corrected chi connectivity index (χ2v) is 5.25. The van der Waals surface area contributed by atoms with Gasteiger partial charge in [0.05, 0.1) is 11.5 Å². The number of ether oxygens (including phenoxy) is 1. The van der Waals surface area contributed by atoms with Crippen molar-refractivity contribution < 1.29 is 14.5 Å². The first-order chi connectivity index (χ1) is 11.0. The minimum atomic E-state index is -0.625. The molecule has 0 fully saturated rings. The van der Waals surface area contributed by atoms with E-state index in [0.717, 1.165) is 11.6 Å². The monoisotopic (exact) mass is 334 g/mol. The van der Waals surface area contributed by atoms with Gasteiger partial charge in [0, 0.05) is 11.6 Å². The maximum atomic E-state index is 12.0. The first-order valence-electron chi connectivity index (χ1n) is 6.89. The number of hydrogen-bond acceptors (Lipinski definition) is 4. The molecule has 0 radical (unpaired) electrons. The molecule has 0 heterocycles. The highest BCUT2D eigenvalue weighted by molar-refractivity contribution is 6.32. The van der Waals surface area contributed by atoms with Crippen LogP contribution in [0.2, 0.25) is 5.02 Å². The second kappa shape index (κ2) is 7.60. The summed E-state index contributed by atoms with van der Waals surface area (Å²) in [5.41, 5.74) is 1.02. The standard InChI is InChI=1S/C16H15ClN2O4/c1-11-2-5-13(6-3-11)23-9-8-18-16(20)12-4-7-14(17)15(10-12)19(21)22/h2-7,10H,8-9H2,1H3,(H,18,20). The lowest BCUT2D eigenvalue weighted by molar-refractivity contribution is -0.384. The highest BCUT2D eigenvalue weighted by Crippen LogP contribution is 2.24. The van der Waals surface area contributed by atoms with Crippen LogP contribution in [-0.4, -0.2) is 24.0 Å². The van der Waals surface area contributed by atoms with Crippen LogP contribution >= 0.6 is 11.6 Å². The van der Waals surface area contributed by atoms with Crippen molar-refractivity contribution in [2.24, 2.45) is 0 Å². The van der Waals surface area contributed by atoms with Gasteiger partial charge in [0.25, 0.3) is 11.6 Å². The molecule has 23 heavy (non-hydrogen) atoms. The molecule has 0 aliphatic heterocycles. The lowest BCUT2D eigenvalue weighted by Gasteiger charge is -2.08. The Balaban J connectivity index is 1.86. The van der Waals surface area contributed by atoms with E-state index in [1.165, 1.54) is 12.1 Å². The smallest absolute Gasteiger partial charge is 0.288 e. The predicted octanol–water partition coefficient (Wildman–Crippen LogP) is 3.37. The van der Waals surface area contributed by atoms with E-state index in [0.29, 0.717) is 12.4 Å². The second-order valence-electron chi connectivity index (χ2n) is 4.84. The Hall–Kier alpha value is -2.60. The van der Waals surface area contributed by atoms with E-state index in [4.69, 9.17) is 16.3 Å². The number of hydrogen-bond donors (Lipinski definition) is 1. The number of nitro benzene ring substituents is 1. The lowest BCUT2D eigenvalue weighted by atomic mass is 10.2. The molecule has 1 amide bonds. The van der Waals surface area contributed by atoms with E-state index in [-0.39, 0.29) is 22.8 Å². The Morgan fingerprint density at radius 1 is 1.26 bits per heavy atom. The largest absolute Gasteiger partial charge is 0.492 e. The number of benzene rings is 2. The third-order valence-electron chi connectivity index (χ3n) is 3.08. The topological polar surface area (TPSA) is 81.5 Å². The van der Waals surface area contributed by atoms with Crippen molar-refractivity contribution in [3.05, 3.63) is 68.7 Å². The van der Waals surface area contributed by atoms with Crippen LogP contribution in [0.5, 0.6) is 5.75 Å². The molecule has 0 bridgehead atoms. The van der Waals surface area contributed by atoms with Gasteiger partial charge in [-0.05, 0) is 31.2 Å². The quantitative estimate of drug-likeness (QED) is 0.499. The Labute approximate surface area is 138 Å². The molecule has 0 saturated carbocycles. The number of halogens is 1. The molecule has 0 saturated heterocycles. The minimum absolute atomic E-state index is 0.00532. The zero-order chi connectivity index (χ0) is 16.8. The number of amides is 1. The van der Waals surface area contributed by atoms with Crippen molar-refractivity contribution in [2.45, 2.75) is 6.92 Å². The Morgan fingerprint density at radius 2 is 1.96 bits per heavy atom. The number of rotatable bonds is 6. The molecule has 0 unspecified atom stereocenters. The summed E-state index contributed by atoms with van der Waals surface area (Å²) in [4.78, 5) is 22.1. The van der Waals surface area contributed by atoms with Crippen LogP contribution in [0.1, 0.15) is 15.9 Å². The Morgan fingerprint density at radius 3 is 2.61 bits per heavy atom. The molecular formula is C16H15ClN2O4. The van der Waals surface area contributed by atoms with Crippen LogP contribution in [0.3, 0.4) is 0 Å². The minimum Gasteiger partial charge on any atom is -0.492 e. The van der Waals surface area contributed by atoms with Crippen LogP contribution in [0, 0.1) is 17.0 Å². The van der Waals surface area contributed by atoms with Gasteiger partial charge in [-0.3, -0.25) is 14.9 Å². The van der Waals surface area contributed by atoms with E-state index in [1.807, 2.05) is 31.2 Å². The molecule has 0 aromatic heterocycles. The van der Waals surface area contributed by atoms with E-state index in [9.17, 15) is 14.9 Å². The fourth-order valence-corrected chi connectivity index (χ4v) is 2.05. The first-order valence-corrected chi connectivity index (χ1v) is 7.27. The van der Waals surface area contributed by atoms with Gasteiger partial charge in [-0.15, -0.1) is 0 Å². The normalized spacial score (nSPS) is 10.2. The number of nitro groups is 1. The maximum absolute atomic E-state index is 12.0. The van der Waals surface area contributed by atoms with Gasteiger partial charge >= 0.3 is 0 Å². The van der Waals surface area contributed by atoms with Gasteiger partial charge in [0.1, 0.15) is 17.4 Å². The molecule has 1 N–H and O–H groups in total. The summed E-state index contributed by atoms with van der Waals surface area (Å²) < 4.78 is 5.48. The van der Waals surface area contributed by atoms with Crippen molar-refractivity contribution in [2.75, 3.05) is 13.2 Å². The molecule has 7 heteroatoms. The number of carbonyl (C=O) groups excluding carboxylic acids is 1. The van der Waals surface area contributed by atoms with Crippen LogP contribution < -0.4 is 10.1 Å². The van der Waals surface area contributed by atoms with Gasteiger partial charge in [-0.1, -0.05) is 29.3 Å². The van der Waals surface area contributed by atoms with E-state index < -0.39 is 10.8 Å². The zero-order valence-corrected chi connectivity index (χ0v) is 13.2. The molecule has 0 aliphatic rings. The van der Waals surface area contributed by atoms with Crippen LogP contribution in [0.25, 0.3) is 0 Å². The van der Waals surface area contributed by atoms with Crippen molar-refractivity contribution >= 4 is 23.2 Å². The van der Waals surface area contributed by atoms with Gasteiger partial charge in [0.15, 0.2) is 0 Å². The van der Waals surface area contributed by atoms with Crippen LogP contribution in [-0.2, 0) is 0 Å². The zero-order valence-electron chi connectivity index (χ0n) is 12.4. The average molecular weight is 335 g/mol. The van der Waals surface area contributed by atoms with Crippen LogP contribution in [0.4, 0.5) is 5.69 Å². The average Bonchev–Trinajstić information content (AvgIpc) is 2.53. The third kappa shape index (κ3) is 4.69. The summed E-state index contributed by atoms with van der Waals surface area (Å²) in [6.45, 7) is 2.56. The van der Waals surface area contributed by atoms with Crippen molar-refractivity contribution in [1.29, 1.82) is 0 Å². The van der Waals surface area contributed by atoms with Gasteiger partial charge in [0.2, 0.25) is 0 Å². The molecule has 2 aromatic carbocycles. The van der Waals surface area contributed by atoms with E-state index >= 15 is 0 Å². The molecule has 2 aromatic rings. The summed E-state index contributed by atoms with van der Waals surface area (Å²) in [6.07, 6.45) is 0. The van der Waals surface area contributed by atoms with Crippen molar-refractivity contribution in [3.63, 3.8) is 0 Å². The van der Waals surface area contributed by atoms with E-state index in [1.54, 1.807) is 0 Å². The number of nitrogens with one attached hydrogen (secondary N) is 1. The third-order valence-corrected chi connectivity index (χ3v) is 3.40. The van der Waals surface area contributed by atoms with E-state index in [2.05, 4.69) is 5.32 Å². The fourth-order valence-electron chi connectivity index (χ4n) is 1.86. The Kier molecular flexibility index (Phi) is 5.54. The van der Waals surface area contributed by atoms with Crippen molar-refractivity contribution in [3.8, 4) is 5.75 Å². The predicted molar refractivity (Wildman–Crippen MR) is 87.1 cm³/mol. The molecular weight excluding hydrogens is 320 g/mol. The van der Waals surface area contributed by atoms with Gasteiger partial charge in [-0.25, -0.2) is 0 Å². The Bertz CT molecular complexity index is 717. The molecule has 0 aliphatic carbocycles. The number of nitrogens with zero attached hydrogens (tertiary/aromatic N) is 1. The molecule has 2 rings (SSSR count). The molecule has 0 atom stereocenters. The molecule has 6 nitrogen and oxygen atoms in total. The van der Waals surface area contributed by atoms with Crippen LogP contribution in [0.15, 0.2) is 42.5 Å². The summed E-state index contributed by atoms with van der Waals surface area (Å²) in [6, 6.07) is 11.5. The summed E-state index contributed by atoms with van der Waals surface area (Å²) >= 11 is 5.71. The summed E-state index contributed by atoms with van der Waals surface area (Å²) in [5, 5.41) is 13.4.